The van der Waals surface area contributed by atoms with E-state index < -0.39 is 0 Å². The molecule has 7 heteroatoms. The third-order valence-electron chi connectivity index (χ3n) is 3.80. The van der Waals surface area contributed by atoms with Crippen LogP contribution in [0.5, 0.6) is 11.5 Å². The number of aliphatic hydroxyl groups excluding tert-OH is 1. The van der Waals surface area contributed by atoms with Crippen molar-refractivity contribution in [2.75, 3.05) is 14.2 Å². The third-order valence-corrected chi connectivity index (χ3v) is 4.62. The topological polar surface area (TPSA) is 64.7 Å². The molecule has 0 fully saturated rings. The molecule has 0 aliphatic heterocycles. The lowest BCUT2D eigenvalue weighted by Crippen LogP contribution is -1.93. The lowest BCUT2D eigenvalue weighted by molar-refractivity contribution is 0.281. The highest BCUT2D eigenvalue weighted by Crippen LogP contribution is 2.41. The predicted octanol–water partition coefficient (Wildman–Crippen LogP) is 4.82. The van der Waals surface area contributed by atoms with Crippen molar-refractivity contribution in [3.8, 4) is 34.1 Å². The summed E-state index contributed by atoms with van der Waals surface area (Å²) in [5, 5.41) is 14.7. The van der Waals surface area contributed by atoms with E-state index in [0.29, 0.717) is 49.7 Å². The molecule has 0 radical (unpaired) electrons. The molecule has 5 nitrogen and oxygen atoms in total. The summed E-state index contributed by atoms with van der Waals surface area (Å²) < 4.78 is 16.2. The van der Waals surface area contributed by atoms with Crippen molar-refractivity contribution in [1.29, 1.82) is 0 Å². The maximum absolute atomic E-state index is 9.91. The molecule has 3 aromatic rings. The highest BCUT2D eigenvalue weighted by atomic mass is 35.5. The van der Waals surface area contributed by atoms with Gasteiger partial charge in [0, 0.05) is 5.56 Å². The number of ether oxygens (including phenoxy) is 2. The molecule has 1 heterocycles. The first-order valence-corrected chi connectivity index (χ1v) is 8.12. The average Bonchev–Trinajstić information content (AvgIpc) is 3.06. The monoisotopic (exact) mass is 379 g/mol. The van der Waals surface area contributed by atoms with Crippen LogP contribution < -0.4 is 9.47 Å². The number of hydrogen-bond donors (Lipinski definition) is 1. The van der Waals surface area contributed by atoms with Crippen LogP contribution >= 0.6 is 23.2 Å². The maximum atomic E-state index is 9.91. The first-order chi connectivity index (χ1) is 12.1. The maximum Gasteiger partial charge on any atom is 0.176 e. The fourth-order valence-electron chi connectivity index (χ4n) is 2.56. The Bertz CT molecular complexity index is 908. The number of hydrogen-bond acceptors (Lipinski definition) is 5. The molecule has 0 aliphatic carbocycles. The van der Waals surface area contributed by atoms with Gasteiger partial charge in [-0.2, -0.15) is 0 Å². The predicted molar refractivity (Wildman–Crippen MR) is 96.4 cm³/mol. The number of aliphatic hydroxyl groups is 1. The molecule has 130 valence electrons. The minimum atomic E-state index is -0.294. The third kappa shape index (κ3) is 3.18. The molecule has 1 aromatic heterocycles. The first kappa shape index (κ1) is 17.6. The second kappa shape index (κ2) is 7.35. The van der Waals surface area contributed by atoms with Gasteiger partial charge in [0.05, 0.1) is 42.0 Å². The van der Waals surface area contributed by atoms with Crippen molar-refractivity contribution in [3.05, 3.63) is 52.0 Å². The van der Waals surface area contributed by atoms with Crippen molar-refractivity contribution in [2.24, 2.45) is 0 Å². The summed E-state index contributed by atoms with van der Waals surface area (Å²) in [5.41, 5.74) is 2.10. The number of benzene rings is 2. The van der Waals surface area contributed by atoms with E-state index in [2.05, 4.69) is 5.16 Å². The summed E-state index contributed by atoms with van der Waals surface area (Å²) in [6, 6.07) is 10.5. The normalized spacial score (nSPS) is 10.8. The zero-order chi connectivity index (χ0) is 18.0. The van der Waals surface area contributed by atoms with Gasteiger partial charge in [-0.1, -0.05) is 40.5 Å². The molecule has 2 aromatic carbocycles. The Morgan fingerprint density at radius 1 is 1.08 bits per heavy atom. The lowest BCUT2D eigenvalue weighted by Gasteiger charge is -2.09. The van der Waals surface area contributed by atoms with Crippen molar-refractivity contribution < 1.29 is 19.1 Å². The van der Waals surface area contributed by atoms with E-state index in [4.69, 9.17) is 37.2 Å². The second-order valence-corrected chi connectivity index (χ2v) is 5.95. The number of methoxy groups -OCH3 is 2. The van der Waals surface area contributed by atoms with Gasteiger partial charge in [0.15, 0.2) is 5.76 Å². The summed E-state index contributed by atoms with van der Waals surface area (Å²) in [5.74, 6) is 1.57. The van der Waals surface area contributed by atoms with Gasteiger partial charge < -0.3 is 19.1 Å². The summed E-state index contributed by atoms with van der Waals surface area (Å²) in [6.45, 7) is -0.294. The molecule has 0 saturated heterocycles. The Morgan fingerprint density at radius 2 is 1.88 bits per heavy atom. The molecule has 3 rings (SSSR count). The van der Waals surface area contributed by atoms with E-state index in [9.17, 15) is 5.11 Å². The van der Waals surface area contributed by atoms with Gasteiger partial charge >= 0.3 is 0 Å². The van der Waals surface area contributed by atoms with E-state index in [1.54, 1.807) is 50.6 Å². The van der Waals surface area contributed by atoms with Gasteiger partial charge in [-0.3, -0.25) is 0 Å². The molecule has 0 atom stereocenters. The zero-order valence-corrected chi connectivity index (χ0v) is 15.1. The lowest BCUT2D eigenvalue weighted by atomic mass is 10.0. The van der Waals surface area contributed by atoms with E-state index >= 15 is 0 Å². The summed E-state index contributed by atoms with van der Waals surface area (Å²) in [6.07, 6.45) is 0. The Labute approximate surface area is 154 Å². The standard InChI is InChI=1S/C18H15Cl2NO4/c1-23-10-6-7-15(24-2)12(8-10)18-13(9-22)17(21-25-18)11-4-3-5-14(19)16(11)20/h3-8,22H,9H2,1-2H3. The molecule has 0 spiro atoms. The minimum absolute atomic E-state index is 0.294. The van der Waals surface area contributed by atoms with Crippen molar-refractivity contribution in [3.63, 3.8) is 0 Å². The van der Waals surface area contributed by atoms with Crippen LogP contribution in [0.1, 0.15) is 5.56 Å². The molecule has 0 amide bonds. The highest BCUT2D eigenvalue weighted by Gasteiger charge is 2.23. The number of rotatable bonds is 5. The van der Waals surface area contributed by atoms with Gasteiger partial charge in [0.2, 0.25) is 0 Å². The van der Waals surface area contributed by atoms with Crippen LogP contribution in [0.15, 0.2) is 40.9 Å². The Morgan fingerprint density at radius 3 is 2.56 bits per heavy atom. The average molecular weight is 380 g/mol. The molecule has 0 bridgehead atoms. The quantitative estimate of drug-likeness (QED) is 0.687. The summed E-state index contributed by atoms with van der Waals surface area (Å²) in [7, 11) is 3.12. The highest BCUT2D eigenvalue weighted by molar-refractivity contribution is 6.43. The zero-order valence-electron chi connectivity index (χ0n) is 13.5. The molecular formula is C18H15Cl2NO4. The summed E-state index contributed by atoms with van der Waals surface area (Å²) in [4.78, 5) is 0. The fraction of sp³-hybridized carbons (Fsp3) is 0.167. The van der Waals surface area contributed by atoms with Crippen LogP contribution in [-0.4, -0.2) is 24.5 Å². The van der Waals surface area contributed by atoms with Crippen LogP contribution in [-0.2, 0) is 6.61 Å². The Balaban J connectivity index is 2.21. The fourth-order valence-corrected chi connectivity index (χ4v) is 2.95. The van der Waals surface area contributed by atoms with Crippen molar-refractivity contribution in [2.45, 2.75) is 6.61 Å². The Hall–Kier alpha value is -2.21. The largest absolute Gasteiger partial charge is 0.497 e. The molecule has 0 aliphatic rings. The van der Waals surface area contributed by atoms with Crippen LogP contribution in [0.3, 0.4) is 0 Å². The van der Waals surface area contributed by atoms with E-state index in [0.717, 1.165) is 0 Å². The SMILES string of the molecule is COc1ccc(OC)c(-c2onc(-c3cccc(Cl)c3Cl)c2CO)c1. The van der Waals surface area contributed by atoms with Crippen molar-refractivity contribution >= 4 is 23.2 Å². The van der Waals surface area contributed by atoms with Gasteiger partial charge in [0.25, 0.3) is 0 Å². The van der Waals surface area contributed by atoms with Gasteiger partial charge in [-0.25, -0.2) is 0 Å². The number of nitrogens with zero attached hydrogens (tertiary/aromatic N) is 1. The van der Waals surface area contributed by atoms with Crippen LogP contribution in [0, 0.1) is 0 Å². The van der Waals surface area contributed by atoms with Crippen LogP contribution in [0.25, 0.3) is 22.6 Å². The molecular weight excluding hydrogens is 365 g/mol. The van der Waals surface area contributed by atoms with Gasteiger partial charge in [-0.05, 0) is 24.3 Å². The van der Waals surface area contributed by atoms with E-state index in [1.807, 2.05) is 0 Å². The second-order valence-electron chi connectivity index (χ2n) is 5.16. The van der Waals surface area contributed by atoms with E-state index in [1.165, 1.54) is 0 Å². The molecule has 0 unspecified atom stereocenters. The van der Waals surface area contributed by atoms with Crippen molar-refractivity contribution in [1.82, 2.24) is 5.16 Å². The molecule has 1 N–H and O–H groups in total. The van der Waals surface area contributed by atoms with Crippen LogP contribution in [0.4, 0.5) is 0 Å². The number of aromatic nitrogens is 1. The first-order valence-electron chi connectivity index (χ1n) is 7.36. The Kier molecular flexibility index (Phi) is 5.18. The number of halogens is 2. The molecule has 0 saturated carbocycles. The minimum Gasteiger partial charge on any atom is -0.497 e. The van der Waals surface area contributed by atoms with Crippen LogP contribution in [0.2, 0.25) is 10.0 Å². The smallest absolute Gasteiger partial charge is 0.176 e. The molecule has 25 heavy (non-hydrogen) atoms. The van der Waals surface area contributed by atoms with E-state index in [-0.39, 0.29) is 6.61 Å². The summed E-state index contributed by atoms with van der Waals surface area (Å²) >= 11 is 12.4. The van der Waals surface area contributed by atoms with Gasteiger partial charge in [0.1, 0.15) is 17.2 Å². The van der Waals surface area contributed by atoms with Gasteiger partial charge in [-0.15, -0.1) is 0 Å².